The summed E-state index contributed by atoms with van der Waals surface area (Å²) in [5, 5.41) is 4.30. The highest BCUT2D eigenvalue weighted by Crippen LogP contribution is 2.22. The summed E-state index contributed by atoms with van der Waals surface area (Å²) in [6, 6.07) is 0.311. The van der Waals surface area contributed by atoms with Crippen LogP contribution >= 0.6 is 0 Å². The Balaban J connectivity index is 1.96. The average Bonchev–Trinajstić information content (AvgIpc) is 2.88. The first-order valence-electron chi connectivity index (χ1n) is 7.05. The molecule has 0 spiro atoms. The molecule has 0 aromatic carbocycles. The number of methoxy groups -OCH3 is 1. The van der Waals surface area contributed by atoms with E-state index < -0.39 is 0 Å². The summed E-state index contributed by atoms with van der Waals surface area (Å²) in [4.78, 5) is 13.8. The van der Waals surface area contributed by atoms with Crippen LogP contribution in [0.15, 0.2) is 12.4 Å². The number of nitrogens with zero attached hydrogens (tertiary/aromatic N) is 3. The molecule has 19 heavy (non-hydrogen) atoms. The lowest BCUT2D eigenvalue weighted by molar-refractivity contribution is -0.142. The lowest BCUT2D eigenvalue weighted by atomic mass is 9.99. The summed E-state index contributed by atoms with van der Waals surface area (Å²) in [5.41, 5.74) is 1.22. The van der Waals surface area contributed by atoms with Crippen LogP contribution in [-0.4, -0.2) is 40.3 Å². The fraction of sp³-hybridized carbons (Fsp3) is 0.714. The Morgan fingerprint density at radius 1 is 1.53 bits per heavy atom. The number of esters is 1. The predicted octanol–water partition coefficient (Wildman–Crippen LogP) is 1.82. The summed E-state index contributed by atoms with van der Waals surface area (Å²) in [7, 11) is 1.46. The van der Waals surface area contributed by atoms with E-state index in [1.54, 1.807) is 0 Å². The molecule has 1 atom stereocenters. The Morgan fingerprint density at radius 3 is 3.05 bits per heavy atom. The SMILES string of the molecule is CCn1cc(CN2CCCCC2CC(=O)OC)cn1. The van der Waals surface area contributed by atoms with Crippen molar-refractivity contribution >= 4 is 5.97 Å². The molecule has 0 saturated carbocycles. The van der Waals surface area contributed by atoms with E-state index in [9.17, 15) is 4.79 Å². The number of hydrogen-bond acceptors (Lipinski definition) is 4. The first kappa shape index (κ1) is 14.1. The van der Waals surface area contributed by atoms with Crippen molar-refractivity contribution in [1.29, 1.82) is 0 Å². The smallest absolute Gasteiger partial charge is 0.307 e. The van der Waals surface area contributed by atoms with E-state index in [1.165, 1.54) is 25.5 Å². The van der Waals surface area contributed by atoms with Crippen LogP contribution in [-0.2, 0) is 22.6 Å². The second-order valence-corrected chi connectivity index (χ2v) is 5.10. The maximum Gasteiger partial charge on any atom is 0.307 e. The summed E-state index contributed by atoms with van der Waals surface area (Å²) in [6.45, 7) is 4.91. The van der Waals surface area contributed by atoms with Crippen molar-refractivity contribution < 1.29 is 9.53 Å². The molecule has 5 heteroatoms. The van der Waals surface area contributed by atoms with Gasteiger partial charge in [0.05, 0.1) is 19.7 Å². The zero-order valence-corrected chi connectivity index (χ0v) is 11.8. The Hall–Kier alpha value is -1.36. The third-order valence-corrected chi connectivity index (χ3v) is 3.78. The van der Waals surface area contributed by atoms with Gasteiger partial charge in [-0.05, 0) is 26.3 Å². The summed E-state index contributed by atoms with van der Waals surface area (Å²) >= 11 is 0. The lowest BCUT2D eigenvalue weighted by Crippen LogP contribution is -2.40. The van der Waals surface area contributed by atoms with Gasteiger partial charge in [-0.15, -0.1) is 0 Å². The van der Waals surface area contributed by atoms with Crippen LogP contribution in [0.2, 0.25) is 0 Å². The molecule has 1 aliphatic heterocycles. The van der Waals surface area contributed by atoms with E-state index in [4.69, 9.17) is 4.74 Å². The number of aromatic nitrogens is 2. The van der Waals surface area contributed by atoms with Gasteiger partial charge in [0.1, 0.15) is 0 Å². The largest absolute Gasteiger partial charge is 0.469 e. The van der Waals surface area contributed by atoms with Crippen LogP contribution in [0, 0.1) is 0 Å². The normalized spacial score (nSPS) is 20.4. The third kappa shape index (κ3) is 3.80. The van der Waals surface area contributed by atoms with Crippen molar-refractivity contribution in [2.75, 3.05) is 13.7 Å². The Bertz CT molecular complexity index is 417. The van der Waals surface area contributed by atoms with Gasteiger partial charge >= 0.3 is 5.97 Å². The van der Waals surface area contributed by atoms with Crippen molar-refractivity contribution in [1.82, 2.24) is 14.7 Å². The van der Waals surface area contributed by atoms with Crippen LogP contribution in [0.5, 0.6) is 0 Å². The minimum absolute atomic E-state index is 0.110. The van der Waals surface area contributed by atoms with E-state index in [1.807, 2.05) is 10.9 Å². The van der Waals surface area contributed by atoms with Gasteiger partial charge in [0.25, 0.3) is 0 Å². The zero-order chi connectivity index (χ0) is 13.7. The maximum absolute atomic E-state index is 11.5. The summed E-state index contributed by atoms with van der Waals surface area (Å²) < 4.78 is 6.73. The van der Waals surface area contributed by atoms with Gasteiger partial charge in [0.15, 0.2) is 0 Å². The number of rotatable bonds is 5. The molecular weight excluding hydrogens is 242 g/mol. The van der Waals surface area contributed by atoms with Crippen LogP contribution in [0.3, 0.4) is 0 Å². The molecule has 0 bridgehead atoms. The number of hydrogen-bond donors (Lipinski definition) is 0. The highest BCUT2D eigenvalue weighted by Gasteiger charge is 2.25. The minimum atomic E-state index is -0.110. The van der Waals surface area contributed by atoms with Crippen molar-refractivity contribution in [3.63, 3.8) is 0 Å². The zero-order valence-electron chi connectivity index (χ0n) is 11.8. The number of piperidine rings is 1. The number of aryl methyl sites for hydroxylation is 1. The molecular formula is C14H23N3O2. The van der Waals surface area contributed by atoms with E-state index in [2.05, 4.69) is 23.1 Å². The maximum atomic E-state index is 11.5. The van der Waals surface area contributed by atoms with Gasteiger partial charge < -0.3 is 4.74 Å². The highest BCUT2D eigenvalue weighted by molar-refractivity contribution is 5.69. The number of ether oxygens (including phenoxy) is 1. The fourth-order valence-electron chi connectivity index (χ4n) is 2.67. The average molecular weight is 265 g/mol. The summed E-state index contributed by atoms with van der Waals surface area (Å²) in [5.74, 6) is -0.110. The van der Waals surface area contributed by atoms with Gasteiger partial charge in [-0.25, -0.2) is 0 Å². The van der Waals surface area contributed by atoms with Crippen molar-refractivity contribution in [2.24, 2.45) is 0 Å². The molecule has 2 rings (SSSR count). The molecule has 0 N–H and O–H groups in total. The summed E-state index contributed by atoms with van der Waals surface area (Å²) in [6.07, 6.45) is 8.00. The monoisotopic (exact) mass is 265 g/mol. The Labute approximate surface area is 114 Å². The number of carbonyl (C=O) groups excluding carboxylic acids is 1. The van der Waals surface area contributed by atoms with E-state index in [-0.39, 0.29) is 5.97 Å². The molecule has 1 fully saturated rings. The van der Waals surface area contributed by atoms with Gasteiger partial charge in [-0.3, -0.25) is 14.4 Å². The van der Waals surface area contributed by atoms with Gasteiger partial charge in [0.2, 0.25) is 0 Å². The molecule has 2 heterocycles. The molecule has 1 aromatic rings. The van der Waals surface area contributed by atoms with E-state index in [0.29, 0.717) is 12.5 Å². The van der Waals surface area contributed by atoms with Gasteiger partial charge in [0, 0.05) is 30.9 Å². The van der Waals surface area contributed by atoms with Crippen LogP contribution < -0.4 is 0 Å². The Kier molecular flexibility index (Phi) is 4.96. The first-order chi connectivity index (χ1) is 9.22. The lowest BCUT2D eigenvalue weighted by Gasteiger charge is -2.34. The molecule has 1 unspecified atom stereocenters. The quantitative estimate of drug-likeness (QED) is 0.762. The number of carbonyl (C=O) groups is 1. The van der Waals surface area contributed by atoms with E-state index in [0.717, 1.165) is 26.1 Å². The fourth-order valence-corrected chi connectivity index (χ4v) is 2.67. The van der Waals surface area contributed by atoms with Crippen LogP contribution in [0.25, 0.3) is 0 Å². The Morgan fingerprint density at radius 2 is 2.37 bits per heavy atom. The second-order valence-electron chi connectivity index (χ2n) is 5.10. The predicted molar refractivity (Wildman–Crippen MR) is 72.6 cm³/mol. The molecule has 106 valence electrons. The van der Waals surface area contributed by atoms with Crippen LogP contribution in [0.4, 0.5) is 0 Å². The van der Waals surface area contributed by atoms with Gasteiger partial charge in [-0.1, -0.05) is 6.42 Å². The molecule has 0 aliphatic carbocycles. The topological polar surface area (TPSA) is 47.4 Å². The number of likely N-dealkylation sites (tertiary alicyclic amines) is 1. The standard InChI is InChI=1S/C14H23N3O2/c1-3-17-11-12(9-15-17)10-16-7-5-4-6-13(16)8-14(18)19-2/h9,11,13H,3-8,10H2,1-2H3. The van der Waals surface area contributed by atoms with Crippen molar-refractivity contribution in [2.45, 2.75) is 51.7 Å². The molecule has 0 radical (unpaired) electrons. The molecule has 5 nitrogen and oxygen atoms in total. The van der Waals surface area contributed by atoms with Crippen molar-refractivity contribution in [3.8, 4) is 0 Å². The minimum Gasteiger partial charge on any atom is -0.469 e. The van der Waals surface area contributed by atoms with Gasteiger partial charge in [-0.2, -0.15) is 5.10 Å². The molecule has 1 aromatic heterocycles. The third-order valence-electron chi connectivity index (χ3n) is 3.78. The molecule has 1 saturated heterocycles. The highest BCUT2D eigenvalue weighted by atomic mass is 16.5. The van der Waals surface area contributed by atoms with Crippen LogP contribution in [0.1, 0.15) is 38.2 Å². The van der Waals surface area contributed by atoms with Crippen molar-refractivity contribution in [3.05, 3.63) is 18.0 Å². The first-order valence-corrected chi connectivity index (χ1v) is 7.05. The van der Waals surface area contributed by atoms with E-state index >= 15 is 0 Å². The molecule has 0 amide bonds. The molecule has 1 aliphatic rings. The second kappa shape index (κ2) is 6.70.